The van der Waals surface area contributed by atoms with E-state index < -0.39 is 20.0 Å². The lowest BCUT2D eigenvalue weighted by molar-refractivity contribution is -0.870. The van der Waals surface area contributed by atoms with Crippen molar-refractivity contribution in [2.24, 2.45) is 0 Å². The Hall–Kier alpha value is -1.02. The lowest BCUT2D eigenvalue weighted by atomic mass is 10.0. The summed E-state index contributed by atoms with van der Waals surface area (Å²) in [4.78, 5) is 23.1. The van der Waals surface area contributed by atoms with Gasteiger partial charge in [0.05, 0.1) is 39.9 Å². The number of hydrogen-bond acceptors (Lipinski definition) is 5. The zero-order valence-corrected chi connectivity index (χ0v) is 37.1. The second-order valence-corrected chi connectivity index (χ2v) is 18.2. The molecule has 0 heterocycles. The molecule has 0 saturated carbocycles. The van der Waals surface area contributed by atoms with Crippen molar-refractivity contribution in [2.75, 3.05) is 40.9 Å². The first-order chi connectivity index (χ1) is 26.0. The summed E-state index contributed by atoms with van der Waals surface area (Å²) in [6.45, 7) is 4.78. The first kappa shape index (κ1) is 53.0. The molecule has 0 saturated heterocycles. The van der Waals surface area contributed by atoms with Crippen molar-refractivity contribution in [1.29, 1.82) is 0 Å². The van der Waals surface area contributed by atoms with Gasteiger partial charge in [-0.1, -0.05) is 192 Å². The van der Waals surface area contributed by atoms with E-state index in [1.54, 1.807) is 6.08 Å². The predicted octanol–water partition coefficient (Wildman–Crippen LogP) is 12.5. The lowest BCUT2D eigenvalue weighted by Gasteiger charge is -2.25. The maximum absolute atomic E-state index is 12.9. The van der Waals surface area contributed by atoms with Crippen LogP contribution in [0.4, 0.5) is 0 Å². The van der Waals surface area contributed by atoms with Crippen LogP contribution in [0.25, 0.3) is 0 Å². The Balaban J connectivity index is 4.33. The van der Waals surface area contributed by atoms with Gasteiger partial charge in [-0.25, -0.2) is 4.57 Å². The third-order valence-electron chi connectivity index (χ3n) is 10.2. The van der Waals surface area contributed by atoms with E-state index in [0.717, 1.165) is 38.5 Å². The first-order valence-electron chi connectivity index (χ1n) is 22.7. The Morgan fingerprint density at radius 3 is 1.48 bits per heavy atom. The van der Waals surface area contributed by atoms with E-state index in [0.29, 0.717) is 17.4 Å². The van der Waals surface area contributed by atoms with Crippen molar-refractivity contribution < 1.29 is 32.9 Å². The highest BCUT2D eigenvalue weighted by atomic mass is 31.2. The SMILES string of the molecule is CCCCCCCC/C=C/CC/C=C/[C@@H](O)[C@H](COP(=O)(O)OCC[N+](C)(C)C)NC(=O)CCCCCCCCCCCCCCCCCCCCCC. The van der Waals surface area contributed by atoms with Gasteiger partial charge in [-0.15, -0.1) is 0 Å². The molecule has 3 atom stereocenters. The number of hydrogen-bond donors (Lipinski definition) is 3. The van der Waals surface area contributed by atoms with Crippen LogP contribution in [0.5, 0.6) is 0 Å². The number of nitrogens with one attached hydrogen (secondary N) is 1. The topological polar surface area (TPSA) is 105 Å². The average Bonchev–Trinajstić information content (AvgIpc) is 3.12. The van der Waals surface area contributed by atoms with Crippen molar-refractivity contribution in [3.63, 3.8) is 0 Å². The highest BCUT2D eigenvalue weighted by Crippen LogP contribution is 2.43. The highest BCUT2D eigenvalue weighted by Gasteiger charge is 2.27. The standard InChI is InChI=1S/C45H89N2O6P/c1-6-8-10-12-14-16-18-20-21-22-23-24-25-26-27-29-31-33-35-37-39-45(49)46-43(42-53-54(50,51)52-41-40-47(3,4)5)44(48)38-36-34-32-30-28-19-17-15-13-11-9-7-2/h28,30,36,38,43-44,48H,6-27,29,31-35,37,39-42H2,1-5H3,(H-,46,49,50,51)/p+1/b30-28+,38-36+/t43-,44+/m0/s1. The van der Waals surface area contributed by atoms with Crippen LogP contribution in [-0.4, -0.2) is 73.4 Å². The Labute approximate surface area is 334 Å². The number of carbonyl (C=O) groups excluding carboxylic acids is 1. The number of rotatable bonds is 41. The van der Waals surface area contributed by atoms with E-state index in [-0.39, 0.29) is 19.1 Å². The molecule has 0 aliphatic carbocycles. The van der Waals surface area contributed by atoms with Crippen LogP contribution in [0.3, 0.4) is 0 Å². The van der Waals surface area contributed by atoms with E-state index in [9.17, 15) is 19.4 Å². The number of unbranched alkanes of at least 4 members (excludes halogenated alkanes) is 26. The molecule has 8 nitrogen and oxygen atoms in total. The molecule has 0 rings (SSSR count). The molecule has 0 aromatic rings. The van der Waals surface area contributed by atoms with Crippen molar-refractivity contribution in [3.8, 4) is 0 Å². The fraction of sp³-hybridized carbons (Fsp3) is 0.889. The summed E-state index contributed by atoms with van der Waals surface area (Å²) in [5.41, 5.74) is 0. The molecule has 9 heteroatoms. The van der Waals surface area contributed by atoms with Crippen molar-refractivity contribution in [3.05, 3.63) is 24.3 Å². The third kappa shape index (κ3) is 39.2. The van der Waals surface area contributed by atoms with E-state index in [1.165, 1.54) is 148 Å². The van der Waals surface area contributed by atoms with Gasteiger partial charge in [0.2, 0.25) is 5.91 Å². The molecule has 54 heavy (non-hydrogen) atoms. The maximum Gasteiger partial charge on any atom is 0.472 e. The largest absolute Gasteiger partial charge is 0.472 e. The van der Waals surface area contributed by atoms with Crippen molar-refractivity contribution >= 4 is 13.7 Å². The summed E-state index contributed by atoms with van der Waals surface area (Å²) >= 11 is 0. The Kier molecular flexibility index (Phi) is 36.8. The van der Waals surface area contributed by atoms with Crippen molar-refractivity contribution in [1.82, 2.24) is 5.32 Å². The quantitative estimate of drug-likeness (QED) is 0.0247. The van der Waals surface area contributed by atoms with E-state index >= 15 is 0 Å². The number of phosphoric acid groups is 1. The van der Waals surface area contributed by atoms with Gasteiger partial charge in [-0.3, -0.25) is 13.8 Å². The van der Waals surface area contributed by atoms with Gasteiger partial charge in [0.1, 0.15) is 13.2 Å². The van der Waals surface area contributed by atoms with E-state index in [1.807, 2.05) is 27.2 Å². The van der Waals surface area contributed by atoms with Crippen LogP contribution in [0.15, 0.2) is 24.3 Å². The molecule has 1 amide bonds. The van der Waals surface area contributed by atoms with Gasteiger partial charge in [0, 0.05) is 6.42 Å². The van der Waals surface area contributed by atoms with Crippen LogP contribution in [0.2, 0.25) is 0 Å². The zero-order valence-electron chi connectivity index (χ0n) is 36.2. The minimum atomic E-state index is -4.34. The smallest absolute Gasteiger partial charge is 0.387 e. The number of aliphatic hydroxyl groups excluding tert-OH is 1. The van der Waals surface area contributed by atoms with Gasteiger partial charge in [0.25, 0.3) is 0 Å². The lowest BCUT2D eigenvalue weighted by Crippen LogP contribution is -2.45. The molecular weight excluding hydrogens is 695 g/mol. The fourth-order valence-electron chi connectivity index (χ4n) is 6.53. The average molecular weight is 786 g/mol. The van der Waals surface area contributed by atoms with E-state index in [4.69, 9.17) is 9.05 Å². The molecule has 0 bridgehead atoms. The summed E-state index contributed by atoms with van der Waals surface area (Å²) < 4.78 is 23.5. The molecule has 320 valence electrons. The zero-order chi connectivity index (χ0) is 40.0. The normalized spacial score (nSPS) is 14.6. The first-order valence-corrected chi connectivity index (χ1v) is 24.2. The van der Waals surface area contributed by atoms with Gasteiger partial charge in [0.15, 0.2) is 0 Å². The minimum Gasteiger partial charge on any atom is -0.387 e. The number of quaternary nitrogens is 1. The summed E-state index contributed by atoms with van der Waals surface area (Å²) in [6, 6.07) is -0.857. The van der Waals surface area contributed by atoms with Gasteiger partial charge in [-0.2, -0.15) is 0 Å². The summed E-state index contributed by atoms with van der Waals surface area (Å²) in [7, 11) is 1.56. The van der Waals surface area contributed by atoms with Crippen LogP contribution < -0.4 is 5.32 Å². The predicted molar refractivity (Wildman–Crippen MR) is 231 cm³/mol. The number of aliphatic hydroxyl groups is 1. The second kappa shape index (κ2) is 37.6. The molecule has 0 aromatic heterocycles. The fourth-order valence-corrected chi connectivity index (χ4v) is 7.26. The number of phosphoric ester groups is 1. The molecule has 0 spiro atoms. The molecular formula is C45H90N2O6P+. The number of likely N-dealkylation sites (N-methyl/N-ethyl adjacent to an activating group) is 1. The Morgan fingerprint density at radius 1 is 0.611 bits per heavy atom. The Bertz CT molecular complexity index is 938. The van der Waals surface area contributed by atoms with Gasteiger partial charge < -0.3 is 19.8 Å². The molecule has 0 radical (unpaired) electrons. The molecule has 0 aliphatic heterocycles. The molecule has 0 aliphatic rings. The molecule has 0 fully saturated rings. The van der Waals surface area contributed by atoms with Crippen molar-refractivity contribution in [2.45, 2.75) is 219 Å². The summed E-state index contributed by atoms with van der Waals surface area (Å²) in [6.07, 6.45) is 44.0. The van der Waals surface area contributed by atoms with Crippen LogP contribution in [0, 0.1) is 0 Å². The minimum absolute atomic E-state index is 0.0581. The molecule has 3 N–H and O–H groups in total. The number of amides is 1. The van der Waals surface area contributed by atoms with Gasteiger partial charge >= 0.3 is 7.82 Å². The molecule has 0 aromatic carbocycles. The summed E-state index contributed by atoms with van der Waals surface area (Å²) in [5, 5.41) is 13.8. The highest BCUT2D eigenvalue weighted by molar-refractivity contribution is 7.47. The van der Waals surface area contributed by atoms with Crippen LogP contribution in [0.1, 0.15) is 206 Å². The molecule has 1 unspecified atom stereocenters. The van der Waals surface area contributed by atoms with Crippen LogP contribution in [-0.2, 0) is 18.4 Å². The second-order valence-electron chi connectivity index (χ2n) is 16.8. The van der Waals surface area contributed by atoms with E-state index in [2.05, 4.69) is 31.3 Å². The third-order valence-corrected chi connectivity index (χ3v) is 11.2. The maximum atomic E-state index is 12.9. The number of carbonyl (C=O) groups is 1. The monoisotopic (exact) mass is 786 g/mol. The Morgan fingerprint density at radius 2 is 1.02 bits per heavy atom. The summed E-state index contributed by atoms with van der Waals surface area (Å²) in [5.74, 6) is -0.185. The van der Waals surface area contributed by atoms with Gasteiger partial charge in [-0.05, 0) is 32.1 Å². The number of allylic oxidation sites excluding steroid dienone is 3. The number of nitrogens with zero attached hydrogens (tertiary/aromatic N) is 1. The van der Waals surface area contributed by atoms with Crippen LogP contribution >= 0.6 is 7.82 Å².